The Morgan fingerprint density at radius 1 is 1.35 bits per heavy atom. The van der Waals surface area contributed by atoms with Crippen molar-refractivity contribution in [1.29, 1.82) is 0 Å². The van der Waals surface area contributed by atoms with Crippen LogP contribution in [0.5, 0.6) is 5.75 Å². The fourth-order valence-electron chi connectivity index (χ4n) is 1.59. The predicted molar refractivity (Wildman–Crippen MR) is 76.0 cm³/mol. The Morgan fingerprint density at radius 3 is 2.45 bits per heavy atom. The number of hydrogen-bond donors (Lipinski definition) is 2. The number of nitrogens with zero attached hydrogens (tertiary/aromatic N) is 1. The summed E-state index contributed by atoms with van der Waals surface area (Å²) in [5.41, 5.74) is 0.675. The maximum Gasteiger partial charge on any atom is 0.304 e. The number of amides is 1. The highest BCUT2D eigenvalue weighted by Crippen LogP contribution is 2.15. The van der Waals surface area contributed by atoms with E-state index in [4.69, 9.17) is 9.84 Å². The Morgan fingerprint density at radius 2 is 1.95 bits per heavy atom. The molecule has 0 fully saturated rings. The maximum atomic E-state index is 12.0. The molecule has 0 saturated carbocycles. The lowest BCUT2D eigenvalue weighted by Gasteiger charge is -2.23. The standard InChI is InChI=1S/C14H20N2O4/c1-10(16(2)9-8-13(17)18)14(19)15-11-4-6-12(20-3)7-5-11/h4-7,10H,8-9H2,1-3H3,(H,15,19)(H,17,18). The molecule has 0 spiro atoms. The number of nitrogens with one attached hydrogen (secondary N) is 1. The zero-order valence-electron chi connectivity index (χ0n) is 11.9. The number of carbonyl (C=O) groups excluding carboxylic acids is 1. The third-order valence-electron chi connectivity index (χ3n) is 3.08. The lowest BCUT2D eigenvalue weighted by molar-refractivity contribution is -0.137. The average Bonchev–Trinajstić information content (AvgIpc) is 2.44. The van der Waals surface area contributed by atoms with Crippen molar-refractivity contribution in [3.63, 3.8) is 0 Å². The van der Waals surface area contributed by atoms with E-state index in [1.807, 2.05) is 0 Å². The number of benzene rings is 1. The molecule has 6 heteroatoms. The van der Waals surface area contributed by atoms with Crippen LogP contribution in [0.2, 0.25) is 0 Å². The Hall–Kier alpha value is -2.08. The van der Waals surface area contributed by atoms with Gasteiger partial charge in [0, 0.05) is 12.2 Å². The lowest BCUT2D eigenvalue weighted by Crippen LogP contribution is -2.40. The van der Waals surface area contributed by atoms with Gasteiger partial charge >= 0.3 is 5.97 Å². The van der Waals surface area contributed by atoms with Gasteiger partial charge in [-0.15, -0.1) is 0 Å². The monoisotopic (exact) mass is 280 g/mol. The first kappa shape index (κ1) is 16.0. The van der Waals surface area contributed by atoms with Crippen LogP contribution in [0.25, 0.3) is 0 Å². The molecule has 1 aromatic carbocycles. The summed E-state index contributed by atoms with van der Waals surface area (Å²) >= 11 is 0. The van der Waals surface area contributed by atoms with E-state index in [0.717, 1.165) is 5.75 Å². The number of anilines is 1. The number of likely N-dealkylation sites (N-methyl/N-ethyl adjacent to an activating group) is 1. The number of ether oxygens (including phenoxy) is 1. The van der Waals surface area contributed by atoms with Gasteiger partial charge in [0.2, 0.25) is 5.91 Å². The van der Waals surface area contributed by atoms with E-state index < -0.39 is 12.0 Å². The van der Waals surface area contributed by atoms with E-state index in [9.17, 15) is 9.59 Å². The summed E-state index contributed by atoms with van der Waals surface area (Å²) in [5, 5.41) is 11.4. The molecule has 20 heavy (non-hydrogen) atoms. The third-order valence-corrected chi connectivity index (χ3v) is 3.08. The van der Waals surface area contributed by atoms with Crippen LogP contribution < -0.4 is 10.1 Å². The van der Waals surface area contributed by atoms with Crippen LogP contribution in [0, 0.1) is 0 Å². The van der Waals surface area contributed by atoms with E-state index in [1.54, 1.807) is 50.2 Å². The number of rotatable bonds is 7. The minimum absolute atomic E-state index is 0.0106. The van der Waals surface area contributed by atoms with Crippen LogP contribution in [0.15, 0.2) is 24.3 Å². The second-order valence-corrected chi connectivity index (χ2v) is 4.52. The molecule has 1 atom stereocenters. The molecule has 0 saturated heterocycles. The van der Waals surface area contributed by atoms with E-state index in [0.29, 0.717) is 12.2 Å². The van der Waals surface area contributed by atoms with E-state index in [-0.39, 0.29) is 12.3 Å². The Bertz CT molecular complexity index is 459. The molecule has 0 aliphatic rings. The summed E-state index contributed by atoms with van der Waals surface area (Å²) in [5.74, 6) is -0.336. The normalized spacial score (nSPS) is 12.0. The fourth-order valence-corrected chi connectivity index (χ4v) is 1.59. The van der Waals surface area contributed by atoms with Gasteiger partial charge < -0.3 is 15.2 Å². The van der Waals surface area contributed by atoms with Crippen molar-refractivity contribution in [3.05, 3.63) is 24.3 Å². The third kappa shape index (κ3) is 4.89. The van der Waals surface area contributed by atoms with Crippen LogP contribution in [0.1, 0.15) is 13.3 Å². The van der Waals surface area contributed by atoms with Crippen LogP contribution in [0.4, 0.5) is 5.69 Å². The molecule has 1 aromatic rings. The zero-order valence-corrected chi connectivity index (χ0v) is 11.9. The summed E-state index contributed by atoms with van der Waals surface area (Å²) in [7, 11) is 3.30. The van der Waals surface area contributed by atoms with E-state index >= 15 is 0 Å². The molecule has 0 bridgehead atoms. The number of hydrogen-bond acceptors (Lipinski definition) is 4. The van der Waals surface area contributed by atoms with Crippen molar-refractivity contribution < 1.29 is 19.4 Å². The number of carbonyl (C=O) groups is 2. The van der Waals surface area contributed by atoms with Gasteiger partial charge in [-0.2, -0.15) is 0 Å². The SMILES string of the molecule is COc1ccc(NC(=O)C(C)N(C)CCC(=O)O)cc1. The number of carboxylic acid groups (broad SMARTS) is 1. The molecule has 110 valence electrons. The quantitative estimate of drug-likeness (QED) is 0.790. The number of carboxylic acids is 1. The second-order valence-electron chi connectivity index (χ2n) is 4.52. The summed E-state index contributed by atoms with van der Waals surface area (Å²) in [6, 6.07) is 6.61. The van der Waals surface area contributed by atoms with Crippen molar-refractivity contribution in [1.82, 2.24) is 4.90 Å². The van der Waals surface area contributed by atoms with E-state index in [1.165, 1.54) is 0 Å². The summed E-state index contributed by atoms with van der Waals surface area (Å²) in [6.45, 7) is 2.06. The van der Waals surface area contributed by atoms with Gasteiger partial charge in [-0.1, -0.05) is 0 Å². The molecule has 0 aliphatic heterocycles. The topological polar surface area (TPSA) is 78.9 Å². The Kier molecular flexibility index (Phi) is 5.99. The predicted octanol–water partition coefficient (Wildman–Crippen LogP) is 1.43. The van der Waals surface area contributed by atoms with Crippen molar-refractivity contribution in [2.75, 3.05) is 26.0 Å². The molecule has 0 radical (unpaired) electrons. The van der Waals surface area contributed by atoms with Gasteiger partial charge in [0.25, 0.3) is 0 Å². The van der Waals surface area contributed by atoms with Gasteiger partial charge in [-0.25, -0.2) is 0 Å². The van der Waals surface area contributed by atoms with Crippen LogP contribution in [0.3, 0.4) is 0 Å². The summed E-state index contributed by atoms with van der Waals surface area (Å²) in [4.78, 5) is 24.2. The van der Waals surface area contributed by atoms with Gasteiger partial charge in [0.05, 0.1) is 19.6 Å². The van der Waals surface area contributed by atoms with Crippen molar-refractivity contribution >= 4 is 17.6 Å². The van der Waals surface area contributed by atoms with Crippen LogP contribution in [-0.4, -0.2) is 48.6 Å². The Balaban J connectivity index is 2.53. The number of methoxy groups -OCH3 is 1. The van der Waals surface area contributed by atoms with Crippen LogP contribution >= 0.6 is 0 Å². The first-order chi connectivity index (χ1) is 9.43. The molecule has 1 unspecified atom stereocenters. The van der Waals surface area contributed by atoms with Crippen LogP contribution in [-0.2, 0) is 9.59 Å². The fraction of sp³-hybridized carbons (Fsp3) is 0.429. The van der Waals surface area contributed by atoms with Gasteiger partial charge in [-0.3, -0.25) is 14.5 Å². The molecule has 0 aliphatic carbocycles. The minimum atomic E-state index is -0.875. The summed E-state index contributed by atoms with van der Waals surface area (Å²) < 4.78 is 5.04. The first-order valence-corrected chi connectivity index (χ1v) is 6.31. The molecule has 0 heterocycles. The lowest BCUT2D eigenvalue weighted by atomic mass is 10.2. The van der Waals surface area contributed by atoms with E-state index in [2.05, 4.69) is 5.32 Å². The highest BCUT2D eigenvalue weighted by Gasteiger charge is 2.18. The maximum absolute atomic E-state index is 12.0. The summed E-state index contributed by atoms with van der Waals surface area (Å²) in [6.07, 6.45) is 0.0106. The van der Waals surface area contributed by atoms with Crippen molar-refractivity contribution in [3.8, 4) is 5.75 Å². The van der Waals surface area contributed by atoms with Gasteiger partial charge in [0.15, 0.2) is 0 Å². The van der Waals surface area contributed by atoms with Crippen molar-refractivity contribution in [2.45, 2.75) is 19.4 Å². The molecular weight excluding hydrogens is 260 g/mol. The molecular formula is C14H20N2O4. The molecule has 0 aromatic heterocycles. The zero-order chi connectivity index (χ0) is 15.1. The molecule has 1 amide bonds. The largest absolute Gasteiger partial charge is 0.497 e. The molecule has 6 nitrogen and oxygen atoms in total. The number of aliphatic carboxylic acids is 1. The van der Waals surface area contributed by atoms with Gasteiger partial charge in [-0.05, 0) is 38.2 Å². The Labute approximate surface area is 118 Å². The minimum Gasteiger partial charge on any atom is -0.497 e. The smallest absolute Gasteiger partial charge is 0.304 e. The molecule has 1 rings (SSSR count). The molecule has 2 N–H and O–H groups in total. The highest BCUT2D eigenvalue weighted by atomic mass is 16.5. The van der Waals surface area contributed by atoms with Gasteiger partial charge in [0.1, 0.15) is 5.75 Å². The first-order valence-electron chi connectivity index (χ1n) is 6.31. The van der Waals surface area contributed by atoms with Crippen molar-refractivity contribution in [2.24, 2.45) is 0 Å². The second kappa shape index (κ2) is 7.49. The average molecular weight is 280 g/mol. The highest BCUT2D eigenvalue weighted by molar-refractivity contribution is 5.94.